The first-order valence-corrected chi connectivity index (χ1v) is 5.60. The highest BCUT2D eigenvalue weighted by Crippen LogP contribution is 2.68. The third-order valence-corrected chi connectivity index (χ3v) is 4.19. The smallest absolute Gasteiger partial charge is 0.323 e. The summed E-state index contributed by atoms with van der Waals surface area (Å²) in [6, 6.07) is 0. The summed E-state index contributed by atoms with van der Waals surface area (Å²) < 4.78 is 0. The second kappa shape index (κ2) is 4.06. The molecule has 94 valence electrons. The SMILES string of the molecule is C#CCN(CC(=O)O)C(=O)C1C(C)(C)C1(C)C. The molecule has 1 amide bonds. The van der Waals surface area contributed by atoms with Crippen LogP contribution in [0.2, 0.25) is 0 Å². The van der Waals surface area contributed by atoms with Crippen LogP contribution in [0.25, 0.3) is 0 Å². The molecule has 1 aliphatic carbocycles. The minimum atomic E-state index is -1.04. The molecule has 1 aliphatic rings. The minimum Gasteiger partial charge on any atom is -0.480 e. The Morgan fingerprint density at radius 2 is 1.76 bits per heavy atom. The Kier molecular flexibility index (Phi) is 3.24. The van der Waals surface area contributed by atoms with Crippen LogP contribution >= 0.6 is 0 Å². The molecule has 17 heavy (non-hydrogen) atoms. The van der Waals surface area contributed by atoms with Crippen molar-refractivity contribution < 1.29 is 14.7 Å². The largest absolute Gasteiger partial charge is 0.480 e. The van der Waals surface area contributed by atoms with E-state index in [0.29, 0.717) is 0 Å². The van der Waals surface area contributed by atoms with Crippen molar-refractivity contribution in [1.82, 2.24) is 4.90 Å². The normalized spacial score (nSPS) is 20.4. The zero-order valence-corrected chi connectivity index (χ0v) is 10.8. The van der Waals surface area contributed by atoms with Crippen molar-refractivity contribution in [2.45, 2.75) is 27.7 Å². The molecule has 1 saturated carbocycles. The number of terminal acetylenes is 1. The van der Waals surface area contributed by atoms with Crippen LogP contribution < -0.4 is 0 Å². The first-order chi connectivity index (χ1) is 7.66. The molecule has 0 aromatic rings. The Balaban J connectivity index is 2.82. The first kappa shape index (κ1) is 13.6. The van der Waals surface area contributed by atoms with Crippen molar-refractivity contribution in [2.24, 2.45) is 16.7 Å². The molecule has 1 rings (SSSR count). The van der Waals surface area contributed by atoms with E-state index >= 15 is 0 Å². The minimum absolute atomic E-state index is 0.0494. The average Bonchev–Trinajstić information content (AvgIpc) is 2.55. The summed E-state index contributed by atoms with van der Waals surface area (Å²) in [7, 11) is 0. The van der Waals surface area contributed by atoms with Crippen LogP contribution in [0.15, 0.2) is 0 Å². The molecule has 0 aromatic heterocycles. The van der Waals surface area contributed by atoms with Gasteiger partial charge < -0.3 is 10.0 Å². The molecule has 4 nitrogen and oxygen atoms in total. The molecular weight excluding hydrogens is 218 g/mol. The Hall–Kier alpha value is -1.50. The number of carbonyl (C=O) groups is 2. The van der Waals surface area contributed by atoms with Gasteiger partial charge in [0.25, 0.3) is 0 Å². The summed E-state index contributed by atoms with van der Waals surface area (Å²) >= 11 is 0. The van der Waals surface area contributed by atoms with E-state index in [-0.39, 0.29) is 35.7 Å². The van der Waals surface area contributed by atoms with Gasteiger partial charge in [-0.1, -0.05) is 33.6 Å². The number of carboxylic acids is 1. The third-order valence-electron chi connectivity index (χ3n) is 4.19. The van der Waals surface area contributed by atoms with Crippen LogP contribution in [0.5, 0.6) is 0 Å². The van der Waals surface area contributed by atoms with E-state index in [1.807, 2.05) is 27.7 Å². The maximum absolute atomic E-state index is 12.2. The fourth-order valence-electron chi connectivity index (χ4n) is 2.48. The number of carbonyl (C=O) groups excluding carboxylic acids is 1. The second-order valence-corrected chi connectivity index (χ2v) is 5.67. The zero-order chi connectivity index (χ0) is 13.4. The van der Waals surface area contributed by atoms with Gasteiger partial charge >= 0.3 is 5.97 Å². The van der Waals surface area contributed by atoms with Crippen molar-refractivity contribution in [1.29, 1.82) is 0 Å². The summed E-state index contributed by atoms with van der Waals surface area (Å²) in [4.78, 5) is 24.2. The monoisotopic (exact) mass is 237 g/mol. The standard InChI is InChI=1S/C13H19NO3/c1-6-7-14(8-9(15)16)11(17)10-12(2,3)13(10,4)5/h1,10H,7-8H2,2-5H3,(H,15,16). The zero-order valence-electron chi connectivity index (χ0n) is 10.8. The Morgan fingerprint density at radius 1 is 1.29 bits per heavy atom. The van der Waals surface area contributed by atoms with Crippen LogP contribution in [0.3, 0.4) is 0 Å². The molecule has 0 atom stereocenters. The van der Waals surface area contributed by atoms with E-state index in [9.17, 15) is 9.59 Å². The summed E-state index contributed by atoms with van der Waals surface area (Å²) in [5.74, 6) is 0.993. The number of hydrogen-bond acceptors (Lipinski definition) is 2. The number of carboxylic acid groups (broad SMARTS) is 1. The van der Waals surface area contributed by atoms with Gasteiger partial charge in [0, 0.05) is 5.92 Å². The number of rotatable bonds is 4. The Morgan fingerprint density at radius 3 is 2.06 bits per heavy atom. The molecule has 0 bridgehead atoms. The van der Waals surface area contributed by atoms with Gasteiger partial charge in [-0.15, -0.1) is 6.42 Å². The van der Waals surface area contributed by atoms with Crippen LogP contribution in [0.4, 0.5) is 0 Å². The predicted molar refractivity (Wildman–Crippen MR) is 64.1 cm³/mol. The van der Waals surface area contributed by atoms with Gasteiger partial charge in [0.1, 0.15) is 6.54 Å². The van der Waals surface area contributed by atoms with Crippen LogP contribution in [-0.4, -0.2) is 35.0 Å². The van der Waals surface area contributed by atoms with Gasteiger partial charge in [0.15, 0.2) is 0 Å². The summed E-state index contributed by atoms with van der Waals surface area (Å²) in [5, 5.41) is 8.76. The molecule has 0 radical (unpaired) electrons. The van der Waals surface area contributed by atoms with Crippen molar-refractivity contribution in [3.05, 3.63) is 0 Å². The van der Waals surface area contributed by atoms with E-state index in [1.54, 1.807) is 0 Å². The molecule has 0 heterocycles. The van der Waals surface area contributed by atoms with E-state index in [2.05, 4.69) is 5.92 Å². The molecule has 0 saturated heterocycles. The lowest BCUT2D eigenvalue weighted by Crippen LogP contribution is -2.38. The van der Waals surface area contributed by atoms with Gasteiger partial charge in [-0.2, -0.15) is 0 Å². The maximum Gasteiger partial charge on any atom is 0.323 e. The van der Waals surface area contributed by atoms with Crippen molar-refractivity contribution >= 4 is 11.9 Å². The summed E-state index contributed by atoms with van der Waals surface area (Å²) in [5.41, 5.74) is -0.204. The number of nitrogens with zero attached hydrogens (tertiary/aromatic N) is 1. The quantitative estimate of drug-likeness (QED) is 0.748. The fraction of sp³-hybridized carbons (Fsp3) is 0.692. The van der Waals surface area contributed by atoms with E-state index in [1.165, 1.54) is 4.90 Å². The topological polar surface area (TPSA) is 57.6 Å². The van der Waals surface area contributed by atoms with E-state index < -0.39 is 5.97 Å². The molecule has 1 fully saturated rings. The first-order valence-electron chi connectivity index (χ1n) is 5.60. The number of aliphatic carboxylic acids is 1. The maximum atomic E-state index is 12.2. The summed E-state index contributed by atoms with van der Waals surface area (Å²) in [6.45, 7) is 7.79. The van der Waals surface area contributed by atoms with Crippen LogP contribution in [-0.2, 0) is 9.59 Å². The predicted octanol–water partition coefficient (Wildman–Crippen LogP) is 1.21. The lowest BCUT2D eigenvalue weighted by atomic mass is 10.0. The van der Waals surface area contributed by atoms with Crippen LogP contribution in [0, 0.1) is 29.1 Å². The number of hydrogen-bond donors (Lipinski definition) is 1. The highest BCUT2D eigenvalue weighted by atomic mass is 16.4. The highest BCUT2D eigenvalue weighted by Gasteiger charge is 2.68. The molecule has 0 spiro atoms. The van der Waals surface area contributed by atoms with E-state index in [4.69, 9.17) is 11.5 Å². The average molecular weight is 237 g/mol. The molecular formula is C13H19NO3. The van der Waals surface area contributed by atoms with E-state index in [0.717, 1.165) is 0 Å². The molecule has 4 heteroatoms. The molecule has 0 aromatic carbocycles. The number of amides is 1. The molecule has 0 aliphatic heterocycles. The Labute approximate surface area is 102 Å². The molecule has 0 unspecified atom stereocenters. The van der Waals surface area contributed by atoms with Gasteiger partial charge in [0.05, 0.1) is 6.54 Å². The van der Waals surface area contributed by atoms with Gasteiger partial charge in [-0.25, -0.2) is 0 Å². The third kappa shape index (κ3) is 2.14. The van der Waals surface area contributed by atoms with Gasteiger partial charge in [-0.05, 0) is 10.8 Å². The van der Waals surface area contributed by atoms with Gasteiger partial charge in [0.2, 0.25) is 5.91 Å². The fourth-order valence-corrected chi connectivity index (χ4v) is 2.48. The summed E-state index contributed by atoms with van der Waals surface area (Å²) in [6.07, 6.45) is 5.16. The van der Waals surface area contributed by atoms with Crippen molar-refractivity contribution in [3.63, 3.8) is 0 Å². The highest BCUT2D eigenvalue weighted by molar-refractivity contribution is 5.87. The lowest BCUT2D eigenvalue weighted by molar-refractivity contribution is -0.145. The van der Waals surface area contributed by atoms with Crippen LogP contribution in [0.1, 0.15) is 27.7 Å². The van der Waals surface area contributed by atoms with Crippen molar-refractivity contribution in [3.8, 4) is 12.3 Å². The Bertz CT molecular complexity index is 376. The lowest BCUT2D eigenvalue weighted by Gasteiger charge is -2.19. The van der Waals surface area contributed by atoms with Crippen molar-refractivity contribution in [2.75, 3.05) is 13.1 Å². The van der Waals surface area contributed by atoms with Gasteiger partial charge in [-0.3, -0.25) is 9.59 Å². The second-order valence-electron chi connectivity index (χ2n) is 5.67. The molecule has 1 N–H and O–H groups in total.